The number of alkyl carbamates (subject to hydrolysis) is 1. The summed E-state index contributed by atoms with van der Waals surface area (Å²) in [6.07, 6.45) is -9.19. The first-order valence-electron chi connectivity index (χ1n) is 10.9. The van der Waals surface area contributed by atoms with Gasteiger partial charge in [-0.3, -0.25) is 4.79 Å². The summed E-state index contributed by atoms with van der Waals surface area (Å²) in [6, 6.07) is 10.9. The van der Waals surface area contributed by atoms with Crippen LogP contribution in [0, 0.1) is 0 Å². The van der Waals surface area contributed by atoms with Gasteiger partial charge in [0, 0.05) is 12.3 Å². The van der Waals surface area contributed by atoms with Crippen LogP contribution in [0.5, 0.6) is 0 Å². The average molecular weight is 494 g/mol. The Balaban J connectivity index is 1.60. The predicted molar refractivity (Wildman–Crippen MR) is 119 cm³/mol. The number of hydrogen-bond acceptors (Lipinski definition) is 5. The normalized spacial score (nSPS) is 15.3. The third-order valence-electron chi connectivity index (χ3n) is 5.76. The van der Waals surface area contributed by atoms with Crippen LogP contribution in [0.1, 0.15) is 36.8 Å². The minimum Gasteiger partial charge on any atom is -0.480 e. The minimum absolute atomic E-state index is 0.181. The molecule has 0 saturated carbocycles. The lowest BCUT2D eigenvalue weighted by molar-refractivity contribution is -0.157. The summed E-state index contributed by atoms with van der Waals surface area (Å²) in [5.74, 6) is -2.88. The van der Waals surface area contributed by atoms with Crippen molar-refractivity contribution in [3.8, 4) is 11.1 Å². The quantitative estimate of drug-likeness (QED) is 0.425. The van der Waals surface area contributed by atoms with Crippen LogP contribution in [0.15, 0.2) is 48.5 Å². The Morgan fingerprint density at radius 1 is 1.00 bits per heavy atom. The molecule has 1 aliphatic rings. The lowest BCUT2D eigenvalue weighted by atomic mass is 9.98. The summed E-state index contributed by atoms with van der Waals surface area (Å²) in [6.45, 7) is 0.940. The third-order valence-corrected chi connectivity index (χ3v) is 5.76. The van der Waals surface area contributed by atoms with Crippen molar-refractivity contribution >= 4 is 18.0 Å². The summed E-state index contributed by atoms with van der Waals surface area (Å²) in [7, 11) is 0. The highest BCUT2D eigenvalue weighted by molar-refractivity contribution is 5.84. The SMILES string of the molecule is C[C@@H](O)[C@H](NC(=O)CC[C@H](NC(=O)OCC1c2ccccc2-c2ccccc21)C(F)(F)F)C(=O)O. The van der Waals surface area contributed by atoms with Gasteiger partial charge in [-0.1, -0.05) is 48.5 Å². The van der Waals surface area contributed by atoms with Gasteiger partial charge in [-0.25, -0.2) is 9.59 Å². The Labute approximate surface area is 199 Å². The highest BCUT2D eigenvalue weighted by atomic mass is 19.4. The zero-order valence-corrected chi connectivity index (χ0v) is 18.7. The van der Waals surface area contributed by atoms with Crippen molar-refractivity contribution in [1.82, 2.24) is 10.6 Å². The van der Waals surface area contributed by atoms with E-state index >= 15 is 0 Å². The molecule has 0 unspecified atom stereocenters. The number of benzene rings is 2. The molecule has 0 saturated heterocycles. The van der Waals surface area contributed by atoms with Gasteiger partial charge >= 0.3 is 18.2 Å². The van der Waals surface area contributed by atoms with Gasteiger partial charge in [0.15, 0.2) is 6.04 Å². The molecule has 188 valence electrons. The molecule has 2 aromatic rings. The predicted octanol–water partition coefficient (Wildman–Crippen LogP) is 3.19. The van der Waals surface area contributed by atoms with Gasteiger partial charge in [-0.2, -0.15) is 13.2 Å². The number of aliphatic hydroxyl groups excluding tert-OH is 1. The van der Waals surface area contributed by atoms with Crippen LogP contribution in [0.25, 0.3) is 11.1 Å². The number of hydrogen-bond donors (Lipinski definition) is 4. The molecule has 3 rings (SSSR count). The maximum atomic E-state index is 13.4. The number of rotatable bonds is 9. The number of alkyl halides is 3. The van der Waals surface area contributed by atoms with Gasteiger partial charge < -0.3 is 25.6 Å². The first-order valence-corrected chi connectivity index (χ1v) is 10.9. The second-order valence-corrected chi connectivity index (χ2v) is 8.23. The molecule has 0 heterocycles. The Morgan fingerprint density at radius 3 is 2.03 bits per heavy atom. The third kappa shape index (κ3) is 6.30. The standard InChI is InChI=1S/C24H25F3N2O6/c1-13(30)21(22(32)33)29-20(31)11-10-19(24(25,26)27)28-23(34)35-12-18-16-8-4-2-6-14(16)15-7-3-5-9-17(15)18/h2-9,13,18-19,21,30H,10-12H2,1H3,(H,28,34)(H,29,31)(H,32,33)/t13-,19+,21+/m1/s1. The van der Waals surface area contributed by atoms with E-state index in [2.05, 4.69) is 0 Å². The zero-order chi connectivity index (χ0) is 25.8. The molecule has 11 heteroatoms. The number of carboxylic acid groups (broad SMARTS) is 1. The Hall–Kier alpha value is -3.60. The molecule has 0 radical (unpaired) electrons. The fourth-order valence-corrected chi connectivity index (χ4v) is 4.01. The van der Waals surface area contributed by atoms with Gasteiger partial charge in [-0.05, 0) is 35.6 Å². The van der Waals surface area contributed by atoms with E-state index < -0.39 is 55.2 Å². The van der Waals surface area contributed by atoms with Crippen molar-refractivity contribution in [2.45, 2.75) is 50.0 Å². The Bertz CT molecular complexity index is 1040. The van der Waals surface area contributed by atoms with E-state index in [1.165, 1.54) is 0 Å². The maximum absolute atomic E-state index is 13.4. The minimum atomic E-state index is -4.87. The monoisotopic (exact) mass is 494 g/mol. The van der Waals surface area contributed by atoms with Gasteiger partial charge in [0.2, 0.25) is 5.91 Å². The van der Waals surface area contributed by atoms with Gasteiger partial charge in [0.1, 0.15) is 12.6 Å². The zero-order valence-electron chi connectivity index (χ0n) is 18.7. The molecular formula is C24H25F3N2O6. The van der Waals surface area contributed by atoms with Crippen molar-refractivity contribution in [3.63, 3.8) is 0 Å². The fraction of sp³-hybridized carbons (Fsp3) is 0.375. The molecule has 2 amide bonds. The molecule has 2 aromatic carbocycles. The van der Waals surface area contributed by atoms with E-state index in [1.807, 2.05) is 53.8 Å². The second kappa shape index (κ2) is 10.8. The van der Waals surface area contributed by atoms with Crippen LogP contribution in [0.4, 0.5) is 18.0 Å². The number of amides is 2. The van der Waals surface area contributed by atoms with E-state index in [4.69, 9.17) is 9.84 Å². The molecule has 4 N–H and O–H groups in total. The van der Waals surface area contributed by atoms with Crippen LogP contribution in [0.2, 0.25) is 0 Å². The highest BCUT2D eigenvalue weighted by Crippen LogP contribution is 2.44. The number of aliphatic hydroxyl groups is 1. The Morgan fingerprint density at radius 2 is 1.54 bits per heavy atom. The van der Waals surface area contributed by atoms with E-state index in [1.54, 1.807) is 5.32 Å². The highest BCUT2D eigenvalue weighted by Gasteiger charge is 2.41. The van der Waals surface area contributed by atoms with Crippen LogP contribution >= 0.6 is 0 Å². The van der Waals surface area contributed by atoms with E-state index in [9.17, 15) is 32.7 Å². The molecule has 35 heavy (non-hydrogen) atoms. The smallest absolute Gasteiger partial charge is 0.408 e. The summed E-state index contributed by atoms with van der Waals surface area (Å²) in [5, 5.41) is 22.0. The summed E-state index contributed by atoms with van der Waals surface area (Å²) in [4.78, 5) is 35.2. The van der Waals surface area contributed by atoms with Crippen molar-refractivity contribution in [1.29, 1.82) is 0 Å². The fourth-order valence-electron chi connectivity index (χ4n) is 4.01. The molecule has 8 nitrogen and oxygen atoms in total. The number of carboxylic acids is 1. The van der Waals surface area contributed by atoms with E-state index in [0.717, 1.165) is 29.2 Å². The van der Waals surface area contributed by atoms with Crippen molar-refractivity contribution in [2.75, 3.05) is 6.61 Å². The molecular weight excluding hydrogens is 469 g/mol. The number of ether oxygens (including phenoxy) is 1. The first kappa shape index (κ1) is 26.0. The molecule has 1 aliphatic carbocycles. The lowest BCUT2D eigenvalue weighted by Gasteiger charge is -2.23. The number of nitrogens with one attached hydrogen (secondary N) is 2. The Kier molecular flexibility index (Phi) is 8.00. The molecule has 0 fully saturated rings. The largest absolute Gasteiger partial charge is 0.480 e. The maximum Gasteiger partial charge on any atom is 0.408 e. The molecule has 0 spiro atoms. The lowest BCUT2D eigenvalue weighted by Crippen LogP contribution is -2.49. The summed E-state index contributed by atoms with van der Waals surface area (Å²) < 4.78 is 45.5. The van der Waals surface area contributed by atoms with Crippen LogP contribution < -0.4 is 10.6 Å². The van der Waals surface area contributed by atoms with E-state index in [-0.39, 0.29) is 12.5 Å². The van der Waals surface area contributed by atoms with Crippen molar-refractivity contribution in [3.05, 3.63) is 59.7 Å². The molecule has 0 aliphatic heterocycles. The van der Waals surface area contributed by atoms with Gasteiger partial charge in [0.25, 0.3) is 0 Å². The van der Waals surface area contributed by atoms with Gasteiger partial charge in [0.05, 0.1) is 6.10 Å². The number of halogens is 3. The number of aliphatic carboxylic acids is 1. The van der Waals surface area contributed by atoms with Crippen LogP contribution in [0.3, 0.4) is 0 Å². The number of carbonyl (C=O) groups excluding carboxylic acids is 2. The van der Waals surface area contributed by atoms with Crippen molar-refractivity contribution < 1.29 is 42.5 Å². The number of fused-ring (bicyclic) bond motifs is 3. The van der Waals surface area contributed by atoms with Crippen molar-refractivity contribution in [2.24, 2.45) is 0 Å². The molecule has 3 atom stereocenters. The molecule has 0 bridgehead atoms. The number of carbonyl (C=O) groups is 3. The van der Waals surface area contributed by atoms with E-state index in [0.29, 0.717) is 0 Å². The average Bonchev–Trinajstić information content (AvgIpc) is 3.11. The topological polar surface area (TPSA) is 125 Å². The first-order chi connectivity index (χ1) is 16.5. The molecule has 0 aromatic heterocycles. The van der Waals surface area contributed by atoms with Crippen LogP contribution in [-0.2, 0) is 14.3 Å². The summed E-state index contributed by atoms with van der Waals surface area (Å²) in [5.41, 5.74) is 3.73. The second-order valence-electron chi connectivity index (χ2n) is 8.23. The summed E-state index contributed by atoms with van der Waals surface area (Å²) >= 11 is 0. The van der Waals surface area contributed by atoms with Gasteiger partial charge in [-0.15, -0.1) is 0 Å². The van der Waals surface area contributed by atoms with Crippen LogP contribution in [-0.4, -0.2) is 59.2 Å².